The average Bonchev–Trinajstić information content (AvgIpc) is 3.67. The summed E-state index contributed by atoms with van der Waals surface area (Å²) < 4.78 is 19.8. The molecule has 2 unspecified atom stereocenters. The quantitative estimate of drug-likeness (QED) is 0.185. The second-order valence-electron chi connectivity index (χ2n) is 10.5. The summed E-state index contributed by atoms with van der Waals surface area (Å²) >= 11 is 0. The number of fused-ring (bicyclic) bond motifs is 1. The van der Waals surface area contributed by atoms with Crippen LogP contribution in [0.25, 0.3) is 0 Å². The highest BCUT2D eigenvalue weighted by molar-refractivity contribution is 6.74. The monoisotopic (exact) mass is 548 g/mol. The maximum Gasteiger partial charge on any atom is 0.330 e. The van der Waals surface area contributed by atoms with Gasteiger partial charge in [-0.2, -0.15) is 0 Å². The van der Waals surface area contributed by atoms with Crippen molar-refractivity contribution in [1.82, 2.24) is 10.2 Å². The van der Waals surface area contributed by atoms with Crippen LogP contribution >= 0.6 is 0 Å². The molecule has 0 spiro atoms. The predicted molar refractivity (Wildman–Crippen MR) is 153 cm³/mol. The number of benzene rings is 1. The Bertz CT molecular complexity index is 877. The Labute approximate surface area is 225 Å². The Morgan fingerprint density at radius 1 is 0.865 bits per heavy atom. The number of amides is 1. The Balaban J connectivity index is 2.01. The smallest absolute Gasteiger partial charge is 0.330 e. The molecule has 0 aliphatic carbocycles. The lowest BCUT2D eigenvalue weighted by Gasteiger charge is -2.42. The summed E-state index contributed by atoms with van der Waals surface area (Å²) in [4.78, 5) is 29.0. The number of carbonyl (C=O) groups is 2. The predicted octanol–water partition coefficient (Wildman–Crippen LogP) is 5.20. The van der Waals surface area contributed by atoms with E-state index < -0.39 is 28.6 Å². The molecule has 1 aromatic carbocycles. The Morgan fingerprint density at radius 2 is 1.38 bits per heavy atom. The summed E-state index contributed by atoms with van der Waals surface area (Å²) in [5.74, 6) is -0.678. The van der Waals surface area contributed by atoms with Crippen LogP contribution in [0.4, 0.5) is 0 Å². The van der Waals surface area contributed by atoms with E-state index in [2.05, 4.69) is 51.8 Å². The maximum absolute atomic E-state index is 13.4. The molecule has 1 aromatic rings. The lowest BCUT2D eigenvalue weighted by molar-refractivity contribution is -0.147. The van der Waals surface area contributed by atoms with Crippen LogP contribution in [0.15, 0.2) is 30.3 Å². The van der Waals surface area contributed by atoms with Crippen molar-refractivity contribution in [2.24, 2.45) is 0 Å². The van der Waals surface area contributed by atoms with Gasteiger partial charge >= 0.3 is 5.97 Å². The van der Waals surface area contributed by atoms with Crippen molar-refractivity contribution in [3.63, 3.8) is 0 Å². The van der Waals surface area contributed by atoms with E-state index in [1.54, 1.807) is 19.1 Å². The lowest BCUT2D eigenvalue weighted by Crippen LogP contribution is -2.60. The van der Waals surface area contributed by atoms with E-state index in [0.717, 1.165) is 42.8 Å². The van der Waals surface area contributed by atoms with Gasteiger partial charge in [0.15, 0.2) is 16.6 Å². The molecule has 0 bridgehead atoms. The van der Waals surface area contributed by atoms with Crippen LogP contribution in [-0.4, -0.2) is 76.9 Å². The average molecular weight is 549 g/mol. The highest BCUT2D eigenvalue weighted by atomic mass is 28.4. The third-order valence-electron chi connectivity index (χ3n) is 8.96. The first-order valence-corrected chi connectivity index (χ1v) is 19.5. The number of nitrogens with one attached hydrogen (secondary N) is 1. The van der Waals surface area contributed by atoms with Crippen LogP contribution in [-0.2, 0) is 18.4 Å². The van der Waals surface area contributed by atoms with Gasteiger partial charge in [0.25, 0.3) is 5.91 Å². The first kappa shape index (κ1) is 30.0. The van der Waals surface area contributed by atoms with E-state index in [4.69, 9.17) is 13.6 Å². The molecule has 2 fully saturated rings. The summed E-state index contributed by atoms with van der Waals surface area (Å²) in [6.45, 7) is 16.3. The summed E-state index contributed by atoms with van der Waals surface area (Å²) in [5.41, 5.74) is 0.524. The largest absolute Gasteiger partial charge is 0.464 e. The number of esters is 1. The number of rotatable bonds is 15. The first-order valence-electron chi connectivity index (χ1n) is 14.4. The highest BCUT2D eigenvalue weighted by Crippen LogP contribution is 2.45. The summed E-state index contributed by atoms with van der Waals surface area (Å²) in [5, 5.41) is 3.05. The fourth-order valence-corrected chi connectivity index (χ4v) is 11.7. The van der Waals surface area contributed by atoms with Crippen LogP contribution in [0.2, 0.25) is 36.3 Å². The standard InChI is InChI=1S/C28H48N2O5Si2/c1-8-33-28(32)23(29-27(31)21-18-16-15-17-19-21)24-26(35-37(12-5,13-6)14-7)25(22-20-30(22)24)34-36(9-2,10-3)11-4/h15-19,22-26H,8-14,20H2,1-7H3,(H,29,31)/t22-,23?,24-,25+,26+,30?/m0/s1. The molecule has 0 radical (unpaired) electrons. The zero-order valence-electron chi connectivity index (χ0n) is 23.9. The molecule has 37 heavy (non-hydrogen) atoms. The zero-order valence-corrected chi connectivity index (χ0v) is 25.9. The van der Waals surface area contributed by atoms with Crippen LogP contribution < -0.4 is 5.32 Å². The van der Waals surface area contributed by atoms with Gasteiger partial charge in [0.2, 0.25) is 0 Å². The van der Waals surface area contributed by atoms with Gasteiger partial charge in [0.1, 0.15) is 6.04 Å². The van der Waals surface area contributed by atoms with Crippen LogP contribution in [0.5, 0.6) is 0 Å². The number of ether oxygens (including phenoxy) is 1. The Hall–Kier alpha value is -1.53. The fourth-order valence-electron chi connectivity index (χ4n) is 5.98. The van der Waals surface area contributed by atoms with Crippen molar-refractivity contribution in [2.45, 2.75) is 115 Å². The second-order valence-corrected chi connectivity index (χ2v) is 19.9. The molecule has 9 heteroatoms. The zero-order chi connectivity index (χ0) is 27.2. The number of hydrogen-bond donors (Lipinski definition) is 1. The van der Waals surface area contributed by atoms with E-state index in [9.17, 15) is 9.59 Å². The third-order valence-corrected chi connectivity index (χ3v) is 18.2. The Morgan fingerprint density at radius 3 is 1.86 bits per heavy atom. The van der Waals surface area contributed by atoms with Crippen LogP contribution in [0, 0.1) is 0 Å². The van der Waals surface area contributed by atoms with Gasteiger partial charge in [-0.05, 0) is 55.3 Å². The van der Waals surface area contributed by atoms with Crippen LogP contribution in [0.3, 0.4) is 0 Å². The maximum atomic E-state index is 13.4. The Kier molecular flexibility index (Phi) is 10.6. The SMILES string of the molecule is CCOC(=O)C(NC(=O)c1ccccc1)[C@H]1[C@@H](O[Si](CC)(CC)CC)[C@H](O[Si](CC)(CC)CC)[C@@H]2CN21. The molecule has 0 saturated carbocycles. The molecule has 1 N–H and O–H groups in total. The molecule has 3 rings (SSSR count). The van der Waals surface area contributed by atoms with Gasteiger partial charge in [0.05, 0.1) is 30.9 Å². The van der Waals surface area contributed by atoms with Crippen molar-refractivity contribution < 1.29 is 23.2 Å². The molecular weight excluding hydrogens is 500 g/mol. The summed E-state index contributed by atoms with van der Waals surface area (Å²) in [7, 11) is -3.97. The lowest BCUT2D eigenvalue weighted by atomic mass is 9.99. The van der Waals surface area contributed by atoms with E-state index >= 15 is 0 Å². The van der Waals surface area contributed by atoms with E-state index in [1.165, 1.54) is 0 Å². The van der Waals surface area contributed by atoms with Gasteiger partial charge < -0.3 is 18.9 Å². The molecule has 2 saturated heterocycles. The van der Waals surface area contributed by atoms with E-state index in [1.807, 2.05) is 18.2 Å². The van der Waals surface area contributed by atoms with Gasteiger partial charge in [-0.1, -0.05) is 59.7 Å². The molecule has 208 valence electrons. The third kappa shape index (κ3) is 6.38. The molecule has 7 nitrogen and oxygen atoms in total. The van der Waals surface area contributed by atoms with Gasteiger partial charge in [-0.3, -0.25) is 9.69 Å². The molecule has 1 amide bonds. The van der Waals surface area contributed by atoms with Gasteiger partial charge in [0, 0.05) is 12.1 Å². The molecule has 2 heterocycles. The highest BCUT2D eigenvalue weighted by Gasteiger charge is 2.64. The van der Waals surface area contributed by atoms with Crippen molar-refractivity contribution in [2.75, 3.05) is 13.2 Å². The number of piperidine rings is 1. The van der Waals surface area contributed by atoms with Gasteiger partial charge in [-0.25, -0.2) is 4.79 Å². The molecule has 0 aromatic heterocycles. The summed E-state index contributed by atoms with van der Waals surface area (Å²) in [6.07, 6.45) is -0.356. The van der Waals surface area contributed by atoms with Crippen molar-refractivity contribution in [3.8, 4) is 0 Å². The molecule has 6 atom stereocenters. The van der Waals surface area contributed by atoms with Crippen LogP contribution in [0.1, 0.15) is 58.8 Å². The molecule has 2 aliphatic heterocycles. The molecule has 2 aliphatic rings. The van der Waals surface area contributed by atoms with Crippen molar-refractivity contribution in [3.05, 3.63) is 35.9 Å². The van der Waals surface area contributed by atoms with Gasteiger partial charge in [-0.15, -0.1) is 0 Å². The van der Waals surface area contributed by atoms with Crippen molar-refractivity contribution >= 4 is 28.5 Å². The first-order chi connectivity index (χ1) is 17.8. The van der Waals surface area contributed by atoms with E-state index in [0.29, 0.717) is 5.56 Å². The minimum atomic E-state index is -2.04. The topological polar surface area (TPSA) is 76.9 Å². The summed E-state index contributed by atoms with van der Waals surface area (Å²) in [6, 6.07) is 14.4. The fraction of sp³-hybridized carbons (Fsp3) is 0.714. The van der Waals surface area contributed by atoms with Crippen molar-refractivity contribution in [1.29, 1.82) is 0 Å². The second kappa shape index (κ2) is 13.0. The molecular formula is C28H48N2O5Si2. The minimum Gasteiger partial charge on any atom is -0.464 e. The van der Waals surface area contributed by atoms with E-state index in [-0.39, 0.29) is 36.8 Å². The number of carbonyl (C=O) groups excluding carboxylic acids is 2. The minimum absolute atomic E-state index is 0.0846. The number of nitrogens with zero attached hydrogens (tertiary/aromatic N) is 1. The number of hydrogen-bond acceptors (Lipinski definition) is 6. The normalized spacial score (nSPS) is 25.9.